The van der Waals surface area contributed by atoms with Crippen LogP contribution >= 0.6 is 0 Å². The Morgan fingerprint density at radius 1 is 1.00 bits per heavy atom. The molecule has 0 atom stereocenters. The van der Waals surface area contributed by atoms with E-state index in [1.807, 2.05) is 48.5 Å². The van der Waals surface area contributed by atoms with Gasteiger partial charge in [0.1, 0.15) is 11.5 Å². The van der Waals surface area contributed by atoms with Crippen LogP contribution in [0.3, 0.4) is 0 Å². The molecule has 2 aromatic carbocycles. The zero-order valence-corrected chi connectivity index (χ0v) is 12.1. The van der Waals surface area contributed by atoms with Crippen molar-refractivity contribution in [2.45, 2.75) is 6.54 Å². The summed E-state index contributed by atoms with van der Waals surface area (Å²) in [6.07, 6.45) is 0. The van der Waals surface area contributed by atoms with Gasteiger partial charge in [-0.2, -0.15) is 0 Å². The molecule has 0 aliphatic carbocycles. The van der Waals surface area contributed by atoms with Crippen LogP contribution in [0.2, 0.25) is 0 Å². The van der Waals surface area contributed by atoms with Gasteiger partial charge in [0, 0.05) is 17.1 Å². The smallest absolute Gasteiger partial charge is 0.176 e. The predicted molar refractivity (Wildman–Crippen MR) is 83.1 cm³/mol. The molecule has 0 saturated carbocycles. The Balaban J connectivity index is 1.78. The van der Waals surface area contributed by atoms with Crippen molar-refractivity contribution in [2.75, 3.05) is 19.5 Å². The number of rotatable bonds is 5. The second-order valence-electron chi connectivity index (χ2n) is 4.68. The van der Waals surface area contributed by atoms with Crippen LogP contribution in [-0.2, 0) is 6.54 Å². The second-order valence-corrected chi connectivity index (χ2v) is 4.68. The summed E-state index contributed by atoms with van der Waals surface area (Å²) in [5, 5.41) is 4.36. The first-order valence-electron chi connectivity index (χ1n) is 6.73. The summed E-state index contributed by atoms with van der Waals surface area (Å²) in [6, 6.07) is 15.7. The van der Waals surface area contributed by atoms with E-state index < -0.39 is 0 Å². The number of hydrogen-bond donors (Lipinski definition) is 1. The highest BCUT2D eigenvalue weighted by atomic mass is 16.5. The molecule has 4 heteroatoms. The molecule has 4 nitrogen and oxygen atoms in total. The molecule has 1 aromatic heterocycles. The third kappa shape index (κ3) is 2.79. The standard InChI is InChI=1S/C17H17NO3/c1-19-14-7-4-6-13(10-14)18-11-15-9-12-5-3-8-16(20-2)17(12)21-15/h3-10,18H,11H2,1-2H3. The second kappa shape index (κ2) is 5.79. The van der Waals surface area contributed by atoms with Crippen molar-refractivity contribution in [2.24, 2.45) is 0 Å². The summed E-state index contributed by atoms with van der Waals surface area (Å²) in [6.45, 7) is 0.602. The fourth-order valence-corrected chi connectivity index (χ4v) is 2.26. The lowest BCUT2D eigenvalue weighted by Crippen LogP contribution is -1.98. The maximum atomic E-state index is 5.85. The van der Waals surface area contributed by atoms with E-state index in [2.05, 4.69) is 5.32 Å². The Bertz CT molecular complexity index is 749. The lowest BCUT2D eigenvalue weighted by Gasteiger charge is -2.06. The number of nitrogens with one attached hydrogen (secondary N) is 1. The van der Waals surface area contributed by atoms with Crippen molar-refractivity contribution in [1.29, 1.82) is 0 Å². The van der Waals surface area contributed by atoms with E-state index in [0.717, 1.165) is 33.9 Å². The summed E-state index contributed by atoms with van der Waals surface area (Å²) in [5.41, 5.74) is 1.77. The lowest BCUT2D eigenvalue weighted by molar-refractivity contribution is 0.408. The Kier molecular flexibility index (Phi) is 3.69. The summed E-state index contributed by atoms with van der Waals surface area (Å²) in [4.78, 5) is 0. The zero-order chi connectivity index (χ0) is 14.7. The molecular formula is C17H17NO3. The van der Waals surface area contributed by atoms with Crippen molar-refractivity contribution in [3.05, 3.63) is 54.3 Å². The highest BCUT2D eigenvalue weighted by molar-refractivity contribution is 5.83. The quantitative estimate of drug-likeness (QED) is 0.766. The minimum Gasteiger partial charge on any atom is -0.497 e. The van der Waals surface area contributed by atoms with Gasteiger partial charge in [-0.3, -0.25) is 0 Å². The van der Waals surface area contributed by atoms with Gasteiger partial charge in [-0.05, 0) is 24.3 Å². The number of hydrogen-bond acceptors (Lipinski definition) is 4. The van der Waals surface area contributed by atoms with Crippen molar-refractivity contribution in [3.63, 3.8) is 0 Å². The van der Waals surface area contributed by atoms with Crippen LogP contribution < -0.4 is 14.8 Å². The first-order chi connectivity index (χ1) is 10.3. The van der Waals surface area contributed by atoms with Crippen LogP contribution in [0.1, 0.15) is 5.76 Å². The summed E-state index contributed by atoms with van der Waals surface area (Å²) in [7, 11) is 3.30. The van der Waals surface area contributed by atoms with Crippen LogP contribution in [0.15, 0.2) is 52.9 Å². The van der Waals surface area contributed by atoms with E-state index in [9.17, 15) is 0 Å². The summed E-state index contributed by atoms with van der Waals surface area (Å²) < 4.78 is 16.4. The van der Waals surface area contributed by atoms with Gasteiger partial charge in [-0.1, -0.05) is 18.2 Å². The average molecular weight is 283 g/mol. The van der Waals surface area contributed by atoms with Crippen molar-refractivity contribution in [3.8, 4) is 11.5 Å². The third-order valence-corrected chi connectivity index (χ3v) is 3.32. The van der Waals surface area contributed by atoms with E-state index in [4.69, 9.17) is 13.9 Å². The number of methoxy groups -OCH3 is 2. The van der Waals surface area contributed by atoms with E-state index in [-0.39, 0.29) is 0 Å². The van der Waals surface area contributed by atoms with Gasteiger partial charge in [0.2, 0.25) is 0 Å². The summed E-state index contributed by atoms with van der Waals surface area (Å²) in [5.74, 6) is 2.43. The van der Waals surface area contributed by atoms with Gasteiger partial charge in [0.15, 0.2) is 11.3 Å². The van der Waals surface area contributed by atoms with Gasteiger partial charge < -0.3 is 19.2 Å². The molecule has 0 amide bonds. The predicted octanol–water partition coefficient (Wildman–Crippen LogP) is 4.06. The average Bonchev–Trinajstić information content (AvgIpc) is 2.96. The van der Waals surface area contributed by atoms with E-state index >= 15 is 0 Å². The molecule has 21 heavy (non-hydrogen) atoms. The fourth-order valence-electron chi connectivity index (χ4n) is 2.26. The van der Waals surface area contributed by atoms with Crippen molar-refractivity contribution in [1.82, 2.24) is 0 Å². The largest absolute Gasteiger partial charge is 0.497 e. The highest BCUT2D eigenvalue weighted by Crippen LogP contribution is 2.28. The molecule has 0 radical (unpaired) electrons. The monoisotopic (exact) mass is 283 g/mol. The molecule has 1 heterocycles. The highest BCUT2D eigenvalue weighted by Gasteiger charge is 2.08. The fraction of sp³-hybridized carbons (Fsp3) is 0.176. The first kappa shape index (κ1) is 13.4. The van der Waals surface area contributed by atoms with Gasteiger partial charge in [-0.15, -0.1) is 0 Å². The van der Waals surface area contributed by atoms with E-state index in [1.165, 1.54) is 0 Å². The lowest BCUT2D eigenvalue weighted by atomic mass is 10.2. The molecule has 0 aliphatic rings. The Morgan fingerprint density at radius 2 is 1.86 bits per heavy atom. The number of furan rings is 1. The first-order valence-corrected chi connectivity index (χ1v) is 6.73. The molecule has 0 aliphatic heterocycles. The SMILES string of the molecule is COc1cccc(NCc2cc3cccc(OC)c3o2)c1. The molecule has 3 rings (SSSR count). The molecule has 0 fully saturated rings. The molecule has 0 saturated heterocycles. The minimum atomic E-state index is 0.602. The van der Waals surface area contributed by atoms with E-state index in [0.29, 0.717) is 6.54 Å². The normalized spacial score (nSPS) is 10.6. The topological polar surface area (TPSA) is 43.6 Å². The molecule has 108 valence electrons. The van der Waals surface area contributed by atoms with Crippen LogP contribution in [0, 0.1) is 0 Å². The number of fused-ring (bicyclic) bond motifs is 1. The van der Waals surface area contributed by atoms with E-state index in [1.54, 1.807) is 14.2 Å². The van der Waals surface area contributed by atoms with Gasteiger partial charge in [-0.25, -0.2) is 0 Å². The Labute approximate surface area is 123 Å². The maximum Gasteiger partial charge on any atom is 0.176 e. The molecule has 3 aromatic rings. The van der Waals surface area contributed by atoms with Gasteiger partial charge in [0.05, 0.1) is 20.8 Å². The molecule has 1 N–H and O–H groups in total. The maximum absolute atomic E-state index is 5.85. The zero-order valence-electron chi connectivity index (χ0n) is 12.1. The van der Waals surface area contributed by atoms with Gasteiger partial charge in [0.25, 0.3) is 0 Å². The molecule has 0 unspecified atom stereocenters. The molecular weight excluding hydrogens is 266 g/mol. The molecule has 0 bridgehead atoms. The Hall–Kier alpha value is -2.62. The van der Waals surface area contributed by atoms with Crippen molar-refractivity contribution < 1.29 is 13.9 Å². The van der Waals surface area contributed by atoms with Crippen LogP contribution in [-0.4, -0.2) is 14.2 Å². The molecule has 0 spiro atoms. The number of ether oxygens (including phenoxy) is 2. The third-order valence-electron chi connectivity index (χ3n) is 3.32. The van der Waals surface area contributed by atoms with Crippen LogP contribution in [0.5, 0.6) is 11.5 Å². The Morgan fingerprint density at radius 3 is 2.67 bits per heavy atom. The number of anilines is 1. The minimum absolute atomic E-state index is 0.602. The van der Waals surface area contributed by atoms with Crippen LogP contribution in [0.4, 0.5) is 5.69 Å². The summed E-state index contributed by atoms with van der Waals surface area (Å²) >= 11 is 0. The number of para-hydroxylation sites is 1. The van der Waals surface area contributed by atoms with Crippen LogP contribution in [0.25, 0.3) is 11.0 Å². The number of benzene rings is 2. The van der Waals surface area contributed by atoms with Gasteiger partial charge >= 0.3 is 0 Å². The van der Waals surface area contributed by atoms with Crippen molar-refractivity contribution >= 4 is 16.7 Å².